The Labute approximate surface area is 212 Å². The second kappa shape index (κ2) is 10.3. The van der Waals surface area contributed by atoms with Crippen molar-refractivity contribution >= 4 is 73.0 Å². The quantitative estimate of drug-likeness (QED) is 0.172. The SMILES string of the molecule is O=C(Nc1nnc(SCC(=O)c2ccc(Cl)cc2Cl)s1)c1ccc(S(=O)(=O)c2ccccc2)o1. The Bertz CT molecular complexity index is 1470. The second-order valence-electron chi connectivity index (χ2n) is 6.60. The van der Waals surface area contributed by atoms with Crippen LogP contribution in [-0.4, -0.2) is 36.1 Å². The molecule has 4 rings (SSSR count). The van der Waals surface area contributed by atoms with Gasteiger partial charge < -0.3 is 4.42 Å². The summed E-state index contributed by atoms with van der Waals surface area (Å²) in [6, 6.07) is 14.8. The van der Waals surface area contributed by atoms with Gasteiger partial charge in [-0.1, -0.05) is 64.5 Å². The molecule has 1 amide bonds. The molecule has 0 fully saturated rings. The molecule has 1 N–H and O–H groups in total. The lowest BCUT2D eigenvalue weighted by Gasteiger charge is -2.02. The number of halogens is 2. The Balaban J connectivity index is 1.38. The van der Waals surface area contributed by atoms with Crippen molar-refractivity contribution in [3.05, 3.63) is 82.0 Å². The normalized spacial score (nSPS) is 11.4. The molecular formula is C21H13Cl2N3O5S3. The summed E-state index contributed by atoms with van der Waals surface area (Å²) in [4.78, 5) is 24.9. The van der Waals surface area contributed by atoms with Gasteiger partial charge in [-0.25, -0.2) is 8.42 Å². The van der Waals surface area contributed by atoms with Crippen LogP contribution in [0.15, 0.2) is 79.4 Å². The number of nitrogens with one attached hydrogen (secondary N) is 1. The number of rotatable bonds is 8. The smallest absolute Gasteiger partial charge is 0.293 e. The van der Waals surface area contributed by atoms with Crippen LogP contribution in [0.5, 0.6) is 0 Å². The molecule has 4 aromatic rings. The topological polar surface area (TPSA) is 119 Å². The number of aromatic nitrogens is 2. The van der Waals surface area contributed by atoms with Gasteiger partial charge in [0.05, 0.1) is 15.7 Å². The summed E-state index contributed by atoms with van der Waals surface area (Å²) in [5, 5.41) is 10.8. The summed E-state index contributed by atoms with van der Waals surface area (Å²) in [6.45, 7) is 0. The highest BCUT2D eigenvalue weighted by molar-refractivity contribution is 8.01. The highest BCUT2D eigenvalue weighted by Gasteiger charge is 2.24. The van der Waals surface area contributed by atoms with E-state index in [9.17, 15) is 18.0 Å². The number of benzene rings is 2. The average molecular weight is 554 g/mol. The fraction of sp³-hybridized carbons (Fsp3) is 0.0476. The molecule has 0 radical (unpaired) electrons. The van der Waals surface area contributed by atoms with Crippen molar-refractivity contribution in [1.29, 1.82) is 0 Å². The van der Waals surface area contributed by atoms with Crippen molar-refractivity contribution in [3.8, 4) is 0 Å². The lowest BCUT2D eigenvalue weighted by Crippen LogP contribution is -2.10. The van der Waals surface area contributed by atoms with Crippen LogP contribution in [-0.2, 0) is 9.84 Å². The van der Waals surface area contributed by atoms with Gasteiger partial charge in [0.1, 0.15) is 0 Å². The van der Waals surface area contributed by atoms with Gasteiger partial charge in [0, 0.05) is 10.6 Å². The van der Waals surface area contributed by atoms with Crippen LogP contribution >= 0.6 is 46.3 Å². The first-order valence-corrected chi connectivity index (χ1v) is 13.4. The highest BCUT2D eigenvalue weighted by Crippen LogP contribution is 2.29. The maximum Gasteiger partial charge on any atom is 0.293 e. The van der Waals surface area contributed by atoms with Crippen molar-refractivity contribution in [2.45, 2.75) is 14.3 Å². The number of anilines is 1. The Hall–Kier alpha value is -2.70. The predicted molar refractivity (Wildman–Crippen MR) is 130 cm³/mol. The lowest BCUT2D eigenvalue weighted by molar-refractivity contribution is 0.0989. The third-order valence-electron chi connectivity index (χ3n) is 4.31. The van der Waals surface area contributed by atoms with E-state index >= 15 is 0 Å². The standard InChI is InChI=1S/C21H13Cl2N3O5S3/c22-12-6-7-14(15(23)10-12)16(27)11-32-21-26-25-20(33-21)24-19(28)17-8-9-18(31-17)34(29,30)13-4-2-1-3-5-13/h1-10H,11H2,(H,24,25,28). The van der Waals surface area contributed by atoms with Crippen LogP contribution in [0.4, 0.5) is 5.13 Å². The number of thioether (sulfide) groups is 1. The highest BCUT2D eigenvalue weighted by atomic mass is 35.5. The van der Waals surface area contributed by atoms with E-state index < -0.39 is 15.7 Å². The van der Waals surface area contributed by atoms with Gasteiger partial charge in [0.15, 0.2) is 15.9 Å². The van der Waals surface area contributed by atoms with Gasteiger partial charge in [-0.2, -0.15) is 0 Å². The van der Waals surface area contributed by atoms with E-state index in [0.29, 0.717) is 14.9 Å². The summed E-state index contributed by atoms with van der Waals surface area (Å²) in [6.07, 6.45) is 0. The molecule has 0 aliphatic rings. The van der Waals surface area contributed by atoms with Crippen molar-refractivity contribution in [3.63, 3.8) is 0 Å². The van der Waals surface area contributed by atoms with E-state index in [4.69, 9.17) is 27.6 Å². The molecule has 2 aromatic carbocycles. The van der Waals surface area contributed by atoms with Crippen LogP contribution in [0, 0.1) is 0 Å². The molecule has 2 heterocycles. The molecule has 0 atom stereocenters. The maximum absolute atomic E-state index is 12.6. The third-order valence-corrected chi connectivity index (χ3v) is 8.47. The molecule has 13 heteroatoms. The molecule has 0 unspecified atom stereocenters. The van der Waals surface area contributed by atoms with Crippen molar-refractivity contribution in [1.82, 2.24) is 10.2 Å². The molecule has 0 bridgehead atoms. The van der Waals surface area contributed by atoms with E-state index in [1.165, 1.54) is 30.3 Å². The third kappa shape index (κ3) is 5.50. The van der Waals surface area contributed by atoms with Crippen LogP contribution < -0.4 is 5.32 Å². The van der Waals surface area contributed by atoms with Crippen molar-refractivity contribution in [2.75, 3.05) is 11.1 Å². The fourth-order valence-electron chi connectivity index (χ4n) is 2.70. The van der Waals surface area contributed by atoms with E-state index in [0.717, 1.165) is 23.1 Å². The van der Waals surface area contributed by atoms with E-state index in [-0.39, 0.29) is 37.4 Å². The van der Waals surface area contributed by atoms with Gasteiger partial charge >= 0.3 is 0 Å². The fourth-order valence-corrected chi connectivity index (χ4v) is 6.04. The van der Waals surface area contributed by atoms with Gasteiger partial charge in [-0.05, 0) is 42.5 Å². The number of amides is 1. The Morgan fingerprint density at radius 3 is 2.53 bits per heavy atom. The molecule has 0 saturated heterocycles. The lowest BCUT2D eigenvalue weighted by atomic mass is 10.1. The van der Waals surface area contributed by atoms with Crippen LogP contribution in [0.3, 0.4) is 0 Å². The molecule has 0 aliphatic heterocycles. The van der Waals surface area contributed by atoms with E-state index in [2.05, 4.69) is 15.5 Å². The van der Waals surface area contributed by atoms with Gasteiger partial charge in [0.25, 0.3) is 5.91 Å². The monoisotopic (exact) mass is 553 g/mol. The number of carbonyl (C=O) groups excluding carboxylic acids is 2. The Morgan fingerprint density at radius 2 is 1.79 bits per heavy atom. The minimum absolute atomic E-state index is 0.0523. The van der Waals surface area contributed by atoms with Crippen molar-refractivity contribution < 1.29 is 22.4 Å². The summed E-state index contributed by atoms with van der Waals surface area (Å²) >= 11 is 14.1. The van der Waals surface area contributed by atoms with E-state index in [1.807, 2.05) is 0 Å². The molecule has 0 saturated carbocycles. The van der Waals surface area contributed by atoms with Crippen LogP contribution in [0.25, 0.3) is 0 Å². The Kier molecular flexibility index (Phi) is 7.39. The largest absolute Gasteiger partial charge is 0.439 e. The molecule has 174 valence electrons. The summed E-state index contributed by atoms with van der Waals surface area (Å²) < 4.78 is 30.9. The van der Waals surface area contributed by atoms with Crippen molar-refractivity contribution in [2.24, 2.45) is 0 Å². The Morgan fingerprint density at radius 1 is 1.03 bits per heavy atom. The van der Waals surface area contributed by atoms with Gasteiger partial charge in [-0.15, -0.1) is 10.2 Å². The minimum Gasteiger partial charge on any atom is -0.439 e. The molecule has 0 spiro atoms. The minimum atomic E-state index is -3.89. The number of nitrogens with zero attached hydrogens (tertiary/aromatic N) is 2. The first-order chi connectivity index (χ1) is 16.2. The predicted octanol–water partition coefficient (Wildman–Crippen LogP) is 5.50. The molecule has 34 heavy (non-hydrogen) atoms. The van der Waals surface area contributed by atoms with Gasteiger partial charge in [-0.3, -0.25) is 14.9 Å². The first-order valence-electron chi connectivity index (χ1n) is 9.40. The maximum atomic E-state index is 12.6. The van der Waals surface area contributed by atoms with Gasteiger partial charge in [0.2, 0.25) is 20.1 Å². The van der Waals surface area contributed by atoms with Crippen LogP contribution in [0.1, 0.15) is 20.9 Å². The zero-order valence-corrected chi connectivity index (χ0v) is 20.9. The number of furan rings is 1. The summed E-state index contributed by atoms with van der Waals surface area (Å²) in [5.74, 6) is -1.05. The second-order valence-corrected chi connectivity index (χ2v) is 11.5. The van der Waals surface area contributed by atoms with E-state index in [1.54, 1.807) is 30.3 Å². The molecule has 0 aliphatic carbocycles. The zero-order chi connectivity index (χ0) is 24.3. The number of sulfone groups is 1. The summed E-state index contributed by atoms with van der Waals surface area (Å²) in [5.41, 5.74) is 0.343. The number of Topliss-reactive ketones (excluding diaryl/α,β-unsaturated/α-hetero) is 1. The summed E-state index contributed by atoms with van der Waals surface area (Å²) in [7, 11) is -3.89. The average Bonchev–Trinajstić information content (AvgIpc) is 3.48. The number of hydrogen-bond acceptors (Lipinski definition) is 9. The number of carbonyl (C=O) groups is 2. The molecule has 8 nitrogen and oxygen atoms in total. The number of ketones is 1. The van der Waals surface area contributed by atoms with Crippen LogP contribution in [0.2, 0.25) is 10.0 Å². The zero-order valence-electron chi connectivity index (χ0n) is 16.9. The first kappa shape index (κ1) is 24.4. The number of hydrogen-bond donors (Lipinski definition) is 1. The molecule has 2 aromatic heterocycles. The molecular weight excluding hydrogens is 541 g/mol.